The number of thiocarbonyl (C=S) groups is 1. The lowest BCUT2D eigenvalue weighted by Gasteiger charge is -2.04. The lowest BCUT2D eigenvalue weighted by molar-refractivity contribution is 0.460. The molecule has 0 aliphatic heterocycles. The lowest BCUT2D eigenvalue weighted by atomic mass is 10.3. The smallest absolute Gasteiger partial charge is 0.219 e. The molecular weight excluding hydrogens is 302 g/mol. The molecule has 2 aromatic rings. The molecule has 0 fully saturated rings. The second-order valence-corrected chi connectivity index (χ2v) is 4.55. The number of nitrogens with zero attached hydrogens (tertiary/aromatic N) is 2. The van der Waals surface area contributed by atoms with E-state index in [9.17, 15) is 0 Å². The van der Waals surface area contributed by atoms with Crippen LogP contribution in [0.3, 0.4) is 0 Å². The van der Waals surface area contributed by atoms with Crippen LogP contribution in [0.2, 0.25) is 0 Å². The third-order valence-corrected chi connectivity index (χ3v) is 2.59. The molecule has 2 N–H and O–H groups in total. The number of nitrogens with two attached hydrogens (primary N) is 1. The van der Waals surface area contributed by atoms with Gasteiger partial charge in [0, 0.05) is 28.5 Å². The lowest BCUT2D eigenvalue weighted by Crippen LogP contribution is -2.09. The average molecular weight is 310 g/mol. The van der Waals surface area contributed by atoms with Crippen molar-refractivity contribution in [3.05, 3.63) is 46.8 Å². The topological polar surface area (TPSA) is 61.0 Å². The molecular formula is C11H8BrN3OS. The van der Waals surface area contributed by atoms with Gasteiger partial charge in [-0.1, -0.05) is 12.2 Å². The molecule has 2 rings (SSSR count). The summed E-state index contributed by atoms with van der Waals surface area (Å²) in [5, 5.41) is 0. The highest BCUT2D eigenvalue weighted by Crippen LogP contribution is 2.21. The molecule has 2 heterocycles. The third kappa shape index (κ3) is 3.21. The van der Waals surface area contributed by atoms with Crippen LogP contribution in [0, 0.1) is 0 Å². The fourth-order valence-corrected chi connectivity index (χ4v) is 1.62. The van der Waals surface area contributed by atoms with E-state index in [-0.39, 0.29) is 0 Å². The Morgan fingerprint density at radius 3 is 2.71 bits per heavy atom. The molecule has 0 aromatic carbocycles. The molecule has 2 aromatic heterocycles. The van der Waals surface area contributed by atoms with Gasteiger partial charge in [0.25, 0.3) is 0 Å². The minimum Gasteiger partial charge on any atom is -0.437 e. The Kier molecular flexibility index (Phi) is 3.65. The fraction of sp³-hybridized carbons (Fsp3) is 0. The summed E-state index contributed by atoms with van der Waals surface area (Å²) in [5.74, 6) is 1.07. The number of rotatable bonds is 3. The van der Waals surface area contributed by atoms with Crippen molar-refractivity contribution in [2.24, 2.45) is 5.73 Å². The Hall–Kier alpha value is -1.53. The summed E-state index contributed by atoms with van der Waals surface area (Å²) in [6, 6.07) is 5.27. The van der Waals surface area contributed by atoms with Crippen LogP contribution in [-0.4, -0.2) is 15.0 Å². The number of hydrogen-bond donors (Lipinski definition) is 1. The largest absolute Gasteiger partial charge is 0.437 e. The minimum atomic E-state index is 0.313. The van der Waals surface area contributed by atoms with Crippen molar-refractivity contribution in [2.75, 3.05) is 0 Å². The summed E-state index contributed by atoms with van der Waals surface area (Å²) in [6.45, 7) is 0. The van der Waals surface area contributed by atoms with Crippen molar-refractivity contribution in [3.63, 3.8) is 0 Å². The summed E-state index contributed by atoms with van der Waals surface area (Å²) >= 11 is 8.14. The van der Waals surface area contributed by atoms with Gasteiger partial charge in [-0.3, -0.25) is 4.98 Å². The summed E-state index contributed by atoms with van der Waals surface area (Å²) < 4.78 is 6.35. The highest BCUT2D eigenvalue weighted by Gasteiger charge is 2.01. The summed E-state index contributed by atoms with van der Waals surface area (Å²) in [7, 11) is 0. The van der Waals surface area contributed by atoms with E-state index in [4.69, 9.17) is 22.7 Å². The second-order valence-electron chi connectivity index (χ2n) is 3.19. The molecule has 0 saturated heterocycles. The van der Waals surface area contributed by atoms with Crippen LogP contribution in [0.25, 0.3) is 0 Å². The zero-order valence-corrected chi connectivity index (χ0v) is 11.0. The number of ether oxygens (including phenoxy) is 1. The second kappa shape index (κ2) is 5.20. The molecule has 0 saturated carbocycles. The summed E-state index contributed by atoms with van der Waals surface area (Å²) in [4.78, 5) is 8.39. The van der Waals surface area contributed by atoms with E-state index in [0.29, 0.717) is 22.2 Å². The van der Waals surface area contributed by atoms with Gasteiger partial charge in [-0.2, -0.15) is 0 Å². The first-order valence-corrected chi connectivity index (χ1v) is 5.89. The summed E-state index contributed by atoms with van der Waals surface area (Å²) in [6.07, 6.45) is 4.85. The van der Waals surface area contributed by atoms with E-state index in [2.05, 4.69) is 25.9 Å². The molecule has 4 nitrogen and oxygen atoms in total. The van der Waals surface area contributed by atoms with Gasteiger partial charge in [-0.25, -0.2) is 4.98 Å². The quantitative estimate of drug-likeness (QED) is 0.883. The van der Waals surface area contributed by atoms with Crippen molar-refractivity contribution in [3.8, 4) is 11.6 Å². The third-order valence-electron chi connectivity index (χ3n) is 1.92. The summed E-state index contributed by atoms with van der Waals surface area (Å²) in [5.41, 5.74) is 6.18. The monoisotopic (exact) mass is 309 g/mol. The number of hydrogen-bond acceptors (Lipinski definition) is 4. The van der Waals surface area contributed by atoms with E-state index in [1.807, 2.05) is 0 Å². The van der Waals surface area contributed by atoms with Gasteiger partial charge < -0.3 is 10.5 Å². The van der Waals surface area contributed by atoms with Gasteiger partial charge in [-0.05, 0) is 28.1 Å². The molecule has 0 radical (unpaired) electrons. The predicted octanol–water partition coefficient (Wildman–Crippen LogP) is 2.67. The van der Waals surface area contributed by atoms with Crippen molar-refractivity contribution in [1.82, 2.24) is 9.97 Å². The highest BCUT2D eigenvalue weighted by atomic mass is 79.9. The standard InChI is InChI=1S/C11H8BrN3OS/c12-8-3-9(6-14-5-8)16-10-2-1-7(4-15-10)11(13)17/h1-6H,(H2,13,17). The normalized spacial score (nSPS) is 9.94. The Morgan fingerprint density at radius 2 is 2.12 bits per heavy atom. The van der Waals surface area contributed by atoms with Gasteiger partial charge in [0.2, 0.25) is 5.88 Å². The van der Waals surface area contributed by atoms with Crippen molar-refractivity contribution >= 4 is 33.1 Å². The van der Waals surface area contributed by atoms with E-state index in [1.165, 1.54) is 0 Å². The fourth-order valence-electron chi connectivity index (χ4n) is 1.16. The van der Waals surface area contributed by atoms with Gasteiger partial charge in [0.15, 0.2) is 0 Å². The van der Waals surface area contributed by atoms with Gasteiger partial charge in [-0.15, -0.1) is 0 Å². The van der Waals surface area contributed by atoms with Crippen molar-refractivity contribution in [2.45, 2.75) is 0 Å². The Bertz CT molecular complexity index is 545. The van der Waals surface area contributed by atoms with E-state index in [1.54, 1.807) is 36.8 Å². The first-order valence-electron chi connectivity index (χ1n) is 4.69. The van der Waals surface area contributed by atoms with Gasteiger partial charge in [0.1, 0.15) is 10.7 Å². The first-order chi connectivity index (χ1) is 8.15. The maximum Gasteiger partial charge on any atom is 0.219 e. The zero-order valence-electron chi connectivity index (χ0n) is 8.63. The van der Waals surface area contributed by atoms with Crippen LogP contribution < -0.4 is 10.5 Å². The molecule has 0 spiro atoms. The molecule has 86 valence electrons. The number of pyridine rings is 2. The van der Waals surface area contributed by atoms with Crippen LogP contribution in [0.4, 0.5) is 0 Å². The van der Waals surface area contributed by atoms with E-state index >= 15 is 0 Å². The van der Waals surface area contributed by atoms with Crippen LogP contribution in [-0.2, 0) is 0 Å². The Labute approximate surface area is 112 Å². The Balaban J connectivity index is 2.16. The molecule has 0 unspecified atom stereocenters. The van der Waals surface area contributed by atoms with Crippen LogP contribution in [0.5, 0.6) is 11.6 Å². The molecule has 0 bridgehead atoms. The zero-order chi connectivity index (χ0) is 12.3. The van der Waals surface area contributed by atoms with E-state index < -0.39 is 0 Å². The maximum absolute atomic E-state index is 5.51. The van der Waals surface area contributed by atoms with Crippen LogP contribution in [0.15, 0.2) is 41.3 Å². The molecule has 0 aliphatic carbocycles. The SMILES string of the molecule is NC(=S)c1ccc(Oc2cncc(Br)c2)nc1. The molecule has 0 amide bonds. The molecule has 0 atom stereocenters. The predicted molar refractivity (Wildman–Crippen MR) is 72.1 cm³/mol. The number of aromatic nitrogens is 2. The average Bonchev–Trinajstić information content (AvgIpc) is 2.29. The van der Waals surface area contributed by atoms with Crippen molar-refractivity contribution < 1.29 is 4.74 Å². The molecule has 17 heavy (non-hydrogen) atoms. The molecule has 6 heteroatoms. The first kappa shape index (κ1) is 11.9. The highest BCUT2D eigenvalue weighted by molar-refractivity contribution is 9.10. The van der Waals surface area contributed by atoms with Crippen molar-refractivity contribution in [1.29, 1.82) is 0 Å². The van der Waals surface area contributed by atoms with Crippen LogP contribution in [0.1, 0.15) is 5.56 Å². The van der Waals surface area contributed by atoms with Crippen LogP contribution >= 0.6 is 28.1 Å². The maximum atomic E-state index is 5.51. The van der Waals surface area contributed by atoms with Gasteiger partial charge >= 0.3 is 0 Å². The minimum absolute atomic E-state index is 0.313. The van der Waals surface area contributed by atoms with Gasteiger partial charge in [0.05, 0.1) is 6.20 Å². The molecule has 0 aliphatic rings. The number of halogens is 1. The van der Waals surface area contributed by atoms with E-state index in [0.717, 1.165) is 4.47 Å². The Morgan fingerprint density at radius 1 is 1.29 bits per heavy atom.